The fourth-order valence-electron chi connectivity index (χ4n) is 1.63. The molecule has 1 heterocycles. The monoisotopic (exact) mass is 206 g/mol. The fraction of sp³-hybridized carbons (Fsp3) is 0.333. The highest BCUT2D eigenvalue weighted by atomic mass is 32.1. The van der Waals surface area contributed by atoms with E-state index in [1.54, 1.807) is 11.3 Å². The Morgan fingerprint density at radius 1 is 1.36 bits per heavy atom. The molecule has 1 atom stereocenters. The Morgan fingerprint density at radius 3 is 2.93 bits per heavy atom. The second kappa shape index (κ2) is 4.11. The number of thiophene rings is 1. The van der Waals surface area contributed by atoms with Crippen LogP contribution in [0.1, 0.15) is 12.5 Å². The van der Waals surface area contributed by atoms with Crippen LogP contribution >= 0.6 is 11.3 Å². The van der Waals surface area contributed by atoms with Crippen LogP contribution in [0.4, 0.5) is 0 Å². The summed E-state index contributed by atoms with van der Waals surface area (Å²) < 4.78 is 1.34. The van der Waals surface area contributed by atoms with E-state index in [4.69, 9.17) is 5.11 Å². The van der Waals surface area contributed by atoms with Crippen molar-refractivity contribution < 1.29 is 5.11 Å². The molecule has 0 amide bonds. The first-order valence-electron chi connectivity index (χ1n) is 4.87. The van der Waals surface area contributed by atoms with Crippen LogP contribution in [0.15, 0.2) is 29.6 Å². The third kappa shape index (κ3) is 1.81. The molecule has 0 saturated carbocycles. The molecule has 0 aliphatic carbocycles. The van der Waals surface area contributed by atoms with Gasteiger partial charge >= 0.3 is 0 Å². The Kier molecular flexibility index (Phi) is 2.85. The van der Waals surface area contributed by atoms with Gasteiger partial charge in [-0.3, -0.25) is 0 Å². The smallest absolute Gasteiger partial charge is 0.0459 e. The number of aliphatic hydroxyl groups excluding tert-OH is 1. The minimum Gasteiger partial charge on any atom is -0.396 e. The number of hydrogen-bond donors (Lipinski definition) is 1. The van der Waals surface area contributed by atoms with Crippen molar-refractivity contribution in [3.63, 3.8) is 0 Å². The number of hydrogen-bond acceptors (Lipinski definition) is 2. The molecule has 2 heteroatoms. The predicted octanol–water partition coefficient (Wildman–Crippen LogP) is 3.07. The lowest BCUT2D eigenvalue weighted by Crippen LogP contribution is -2.03. The van der Waals surface area contributed by atoms with E-state index >= 15 is 0 Å². The van der Waals surface area contributed by atoms with Crippen LogP contribution in [0, 0.1) is 5.92 Å². The fourth-order valence-corrected chi connectivity index (χ4v) is 2.61. The molecule has 2 aromatic rings. The van der Waals surface area contributed by atoms with Crippen LogP contribution in [0.2, 0.25) is 0 Å². The molecule has 1 nitrogen and oxygen atoms in total. The molecule has 0 spiro atoms. The van der Waals surface area contributed by atoms with E-state index in [0.29, 0.717) is 5.92 Å². The van der Waals surface area contributed by atoms with Gasteiger partial charge in [0, 0.05) is 11.3 Å². The van der Waals surface area contributed by atoms with E-state index in [-0.39, 0.29) is 6.61 Å². The van der Waals surface area contributed by atoms with Crippen LogP contribution in [0.25, 0.3) is 10.1 Å². The minimum atomic E-state index is 0.268. The first-order chi connectivity index (χ1) is 6.81. The maximum Gasteiger partial charge on any atom is 0.0459 e. The van der Waals surface area contributed by atoms with Crippen molar-refractivity contribution in [1.29, 1.82) is 0 Å². The molecule has 1 aromatic heterocycles. The molecule has 74 valence electrons. The minimum absolute atomic E-state index is 0.268. The quantitative estimate of drug-likeness (QED) is 0.818. The zero-order valence-electron chi connectivity index (χ0n) is 8.23. The molecule has 0 fully saturated rings. The average Bonchev–Trinajstić information content (AvgIpc) is 2.62. The summed E-state index contributed by atoms with van der Waals surface area (Å²) in [6.07, 6.45) is 0.973. The van der Waals surface area contributed by atoms with Gasteiger partial charge in [0.05, 0.1) is 0 Å². The molecular weight excluding hydrogens is 192 g/mol. The molecule has 0 saturated heterocycles. The van der Waals surface area contributed by atoms with Gasteiger partial charge in [0.2, 0.25) is 0 Å². The van der Waals surface area contributed by atoms with Gasteiger partial charge in [0.1, 0.15) is 0 Å². The molecule has 1 unspecified atom stereocenters. The Morgan fingerprint density at radius 2 is 2.14 bits per heavy atom. The summed E-state index contributed by atoms with van der Waals surface area (Å²) in [4.78, 5) is 0. The second-order valence-electron chi connectivity index (χ2n) is 3.75. The van der Waals surface area contributed by atoms with Crippen molar-refractivity contribution in [1.82, 2.24) is 0 Å². The van der Waals surface area contributed by atoms with E-state index in [2.05, 4.69) is 36.6 Å². The Hall–Kier alpha value is -0.860. The van der Waals surface area contributed by atoms with Crippen LogP contribution in [0.3, 0.4) is 0 Å². The van der Waals surface area contributed by atoms with Gasteiger partial charge in [-0.05, 0) is 34.7 Å². The summed E-state index contributed by atoms with van der Waals surface area (Å²) in [6.45, 7) is 2.34. The standard InChI is InChI=1S/C12H14OS/c1-9(7-13)6-10-8-14-12-5-3-2-4-11(10)12/h2-5,8-9,13H,6-7H2,1H3. The van der Waals surface area contributed by atoms with Crippen LogP contribution in [-0.4, -0.2) is 11.7 Å². The maximum absolute atomic E-state index is 9.01. The highest BCUT2D eigenvalue weighted by molar-refractivity contribution is 7.17. The first-order valence-corrected chi connectivity index (χ1v) is 5.75. The normalized spacial score (nSPS) is 13.3. The lowest BCUT2D eigenvalue weighted by Gasteiger charge is -2.05. The van der Waals surface area contributed by atoms with Gasteiger partial charge < -0.3 is 5.11 Å². The highest BCUT2D eigenvalue weighted by Crippen LogP contribution is 2.27. The molecule has 0 bridgehead atoms. The number of fused-ring (bicyclic) bond motifs is 1. The third-order valence-corrected chi connectivity index (χ3v) is 3.45. The van der Waals surface area contributed by atoms with Crippen molar-refractivity contribution in [3.05, 3.63) is 35.2 Å². The lowest BCUT2D eigenvalue weighted by molar-refractivity contribution is 0.237. The van der Waals surface area contributed by atoms with E-state index < -0.39 is 0 Å². The third-order valence-electron chi connectivity index (χ3n) is 2.44. The van der Waals surface area contributed by atoms with Crippen LogP contribution < -0.4 is 0 Å². The average molecular weight is 206 g/mol. The second-order valence-corrected chi connectivity index (χ2v) is 4.66. The molecule has 1 N–H and O–H groups in total. The molecule has 0 aliphatic heterocycles. The van der Waals surface area contributed by atoms with Gasteiger partial charge in [0.15, 0.2) is 0 Å². The number of rotatable bonds is 3. The van der Waals surface area contributed by atoms with Crippen molar-refractivity contribution in [2.24, 2.45) is 5.92 Å². The molecule has 0 aliphatic rings. The Labute approximate surface area is 88.0 Å². The largest absolute Gasteiger partial charge is 0.396 e. The van der Waals surface area contributed by atoms with E-state index in [1.807, 2.05) is 0 Å². The van der Waals surface area contributed by atoms with Gasteiger partial charge in [-0.15, -0.1) is 11.3 Å². The predicted molar refractivity (Wildman–Crippen MR) is 61.8 cm³/mol. The summed E-state index contributed by atoms with van der Waals surface area (Å²) in [7, 11) is 0. The molecule has 1 aromatic carbocycles. The molecular formula is C12H14OS. The highest BCUT2D eigenvalue weighted by Gasteiger charge is 2.06. The summed E-state index contributed by atoms with van der Waals surface area (Å²) in [6, 6.07) is 8.44. The molecule has 0 radical (unpaired) electrons. The zero-order chi connectivity index (χ0) is 9.97. The summed E-state index contributed by atoms with van der Waals surface area (Å²) in [5.74, 6) is 0.355. The first kappa shape index (κ1) is 9.69. The van der Waals surface area contributed by atoms with Gasteiger partial charge in [-0.2, -0.15) is 0 Å². The molecule has 14 heavy (non-hydrogen) atoms. The Bertz CT molecular complexity index is 419. The van der Waals surface area contributed by atoms with Gasteiger partial charge in [-0.25, -0.2) is 0 Å². The number of benzene rings is 1. The van der Waals surface area contributed by atoms with Crippen LogP contribution in [0.5, 0.6) is 0 Å². The lowest BCUT2D eigenvalue weighted by atomic mass is 10.0. The summed E-state index contributed by atoms with van der Waals surface area (Å²) in [5, 5.41) is 12.6. The van der Waals surface area contributed by atoms with Crippen molar-refractivity contribution in [3.8, 4) is 0 Å². The van der Waals surface area contributed by atoms with E-state index in [9.17, 15) is 0 Å². The molecule has 2 rings (SSSR count). The summed E-state index contributed by atoms with van der Waals surface area (Å²) >= 11 is 1.78. The van der Waals surface area contributed by atoms with Crippen molar-refractivity contribution in [2.45, 2.75) is 13.3 Å². The van der Waals surface area contributed by atoms with E-state index in [0.717, 1.165) is 6.42 Å². The van der Waals surface area contributed by atoms with Crippen molar-refractivity contribution >= 4 is 21.4 Å². The Balaban J connectivity index is 2.33. The van der Waals surface area contributed by atoms with Gasteiger partial charge in [0.25, 0.3) is 0 Å². The van der Waals surface area contributed by atoms with Crippen molar-refractivity contribution in [2.75, 3.05) is 6.61 Å². The number of aliphatic hydroxyl groups is 1. The van der Waals surface area contributed by atoms with Crippen LogP contribution in [-0.2, 0) is 6.42 Å². The SMILES string of the molecule is CC(CO)Cc1csc2ccccc12. The summed E-state index contributed by atoms with van der Waals surface area (Å²) in [5.41, 5.74) is 1.37. The maximum atomic E-state index is 9.01. The zero-order valence-corrected chi connectivity index (χ0v) is 9.05. The topological polar surface area (TPSA) is 20.2 Å². The van der Waals surface area contributed by atoms with Gasteiger partial charge in [-0.1, -0.05) is 25.1 Å². The van der Waals surface area contributed by atoms with E-state index in [1.165, 1.54) is 15.6 Å².